The van der Waals surface area contributed by atoms with E-state index in [4.69, 9.17) is 14.2 Å². The first kappa shape index (κ1) is 23.5. The molecule has 0 aliphatic heterocycles. The topological polar surface area (TPSA) is 101 Å². The van der Waals surface area contributed by atoms with Crippen molar-refractivity contribution < 1.29 is 32.5 Å². The van der Waals surface area contributed by atoms with Gasteiger partial charge in [-0.1, -0.05) is 0 Å². The third-order valence-electron chi connectivity index (χ3n) is 4.71. The number of rotatable bonds is 9. The number of pyridine rings is 1. The SMILES string of the molecule is CCn1c(CO)nn(-c2cc(O[C@@H](C)C(F)(F)F)c3c(OCCOC)nccc3c2)c1=O. The van der Waals surface area contributed by atoms with Crippen LogP contribution < -0.4 is 15.2 Å². The Morgan fingerprint density at radius 2 is 2.00 bits per heavy atom. The molecule has 12 heteroatoms. The molecule has 0 unspecified atom stereocenters. The summed E-state index contributed by atoms with van der Waals surface area (Å²) in [5.74, 6) is 0.0198. The summed E-state index contributed by atoms with van der Waals surface area (Å²) in [4.78, 5) is 16.8. The molecule has 0 saturated heterocycles. The summed E-state index contributed by atoms with van der Waals surface area (Å²) in [5, 5.41) is 14.2. The van der Waals surface area contributed by atoms with E-state index in [1.54, 1.807) is 19.1 Å². The van der Waals surface area contributed by atoms with Crippen LogP contribution in [0.1, 0.15) is 19.7 Å². The smallest absolute Gasteiger partial charge is 0.425 e. The average molecular weight is 456 g/mol. The largest absolute Gasteiger partial charge is 0.480 e. The number of methoxy groups -OCH3 is 1. The van der Waals surface area contributed by atoms with Gasteiger partial charge in [-0.2, -0.15) is 17.9 Å². The number of halogens is 3. The van der Waals surface area contributed by atoms with Crippen molar-refractivity contribution in [2.45, 2.75) is 39.3 Å². The Labute approximate surface area is 181 Å². The Morgan fingerprint density at radius 1 is 1.25 bits per heavy atom. The van der Waals surface area contributed by atoms with Crippen LogP contribution in [-0.4, -0.2) is 57.0 Å². The Morgan fingerprint density at radius 3 is 2.59 bits per heavy atom. The third-order valence-corrected chi connectivity index (χ3v) is 4.71. The van der Waals surface area contributed by atoms with Crippen LogP contribution in [0.2, 0.25) is 0 Å². The van der Waals surface area contributed by atoms with Gasteiger partial charge in [-0.15, -0.1) is 5.10 Å². The fraction of sp³-hybridized carbons (Fsp3) is 0.450. The van der Waals surface area contributed by atoms with E-state index in [2.05, 4.69) is 10.1 Å². The van der Waals surface area contributed by atoms with Gasteiger partial charge in [-0.05, 0) is 31.4 Å². The van der Waals surface area contributed by atoms with Gasteiger partial charge in [0.15, 0.2) is 11.9 Å². The minimum atomic E-state index is -4.62. The van der Waals surface area contributed by atoms with Crippen LogP contribution in [0, 0.1) is 0 Å². The molecule has 0 aliphatic carbocycles. The molecule has 9 nitrogen and oxygen atoms in total. The minimum absolute atomic E-state index is 0.0676. The van der Waals surface area contributed by atoms with Crippen LogP contribution in [0.15, 0.2) is 29.2 Å². The number of alkyl halides is 3. The van der Waals surface area contributed by atoms with Gasteiger partial charge >= 0.3 is 11.9 Å². The second kappa shape index (κ2) is 9.57. The zero-order chi connectivity index (χ0) is 23.5. The van der Waals surface area contributed by atoms with Crippen molar-refractivity contribution in [1.29, 1.82) is 0 Å². The van der Waals surface area contributed by atoms with Gasteiger partial charge in [-0.25, -0.2) is 9.78 Å². The molecule has 0 fully saturated rings. The molecule has 0 aliphatic rings. The standard InChI is InChI=1S/C20H23F3N4O5/c1-4-26-16(11-28)25-27(19(26)29)14-9-13-5-6-24-18(31-8-7-30-3)17(13)15(10-14)32-12(2)20(21,22)23/h5-6,9-10,12,28H,4,7-8,11H2,1-3H3/t12-/m0/s1. The van der Waals surface area contributed by atoms with Crippen molar-refractivity contribution in [3.8, 4) is 17.3 Å². The van der Waals surface area contributed by atoms with Crippen LogP contribution >= 0.6 is 0 Å². The van der Waals surface area contributed by atoms with Gasteiger partial charge in [0.25, 0.3) is 0 Å². The fourth-order valence-corrected chi connectivity index (χ4v) is 3.08. The summed E-state index contributed by atoms with van der Waals surface area (Å²) in [6.45, 7) is 2.75. The molecular formula is C20H23F3N4O5. The highest BCUT2D eigenvalue weighted by atomic mass is 19.4. The van der Waals surface area contributed by atoms with Crippen LogP contribution in [0.5, 0.6) is 11.6 Å². The highest BCUT2D eigenvalue weighted by Gasteiger charge is 2.38. The molecule has 2 heterocycles. The molecule has 32 heavy (non-hydrogen) atoms. The molecule has 1 atom stereocenters. The summed E-state index contributed by atoms with van der Waals surface area (Å²) in [5.41, 5.74) is -0.376. The Bertz CT molecular complexity index is 1140. The van der Waals surface area contributed by atoms with Gasteiger partial charge in [0.1, 0.15) is 19.0 Å². The van der Waals surface area contributed by atoms with E-state index in [1.165, 1.54) is 23.9 Å². The lowest BCUT2D eigenvalue weighted by Crippen LogP contribution is -2.31. The molecule has 0 radical (unpaired) electrons. The van der Waals surface area contributed by atoms with E-state index >= 15 is 0 Å². The average Bonchev–Trinajstić information content (AvgIpc) is 3.08. The predicted molar refractivity (Wildman–Crippen MR) is 108 cm³/mol. The van der Waals surface area contributed by atoms with Gasteiger partial charge in [0, 0.05) is 25.9 Å². The van der Waals surface area contributed by atoms with Crippen molar-refractivity contribution in [1.82, 2.24) is 19.3 Å². The van der Waals surface area contributed by atoms with Crippen molar-refractivity contribution in [3.05, 3.63) is 40.7 Å². The van der Waals surface area contributed by atoms with Crippen molar-refractivity contribution >= 4 is 10.8 Å². The van der Waals surface area contributed by atoms with Crippen molar-refractivity contribution in [2.75, 3.05) is 20.3 Å². The maximum absolute atomic E-state index is 13.2. The maximum atomic E-state index is 13.2. The molecule has 0 amide bonds. The third kappa shape index (κ3) is 4.70. The first-order chi connectivity index (χ1) is 15.2. The Balaban J connectivity index is 2.21. The van der Waals surface area contributed by atoms with E-state index in [0.717, 1.165) is 11.6 Å². The first-order valence-electron chi connectivity index (χ1n) is 9.79. The van der Waals surface area contributed by atoms with Crippen LogP contribution in [0.25, 0.3) is 16.5 Å². The number of hydrogen-bond donors (Lipinski definition) is 1. The Kier molecular flexibility index (Phi) is 7.04. The molecule has 0 saturated carbocycles. The van der Waals surface area contributed by atoms with E-state index in [9.17, 15) is 23.1 Å². The lowest BCUT2D eigenvalue weighted by molar-refractivity contribution is -0.189. The number of nitrogens with zero attached hydrogens (tertiary/aromatic N) is 4. The molecule has 1 N–H and O–H groups in total. The lowest BCUT2D eigenvalue weighted by atomic mass is 10.1. The molecule has 0 spiro atoms. The number of aromatic nitrogens is 4. The summed E-state index contributed by atoms with van der Waals surface area (Å²) < 4.78 is 57.7. The lowest BCUT2D eigenvalue weighted by Gasteiger charge is -2.20. The molecule has 0 bridgehead atoms. The number of benzene rings is 1. The summed E-state index contributed by atoms with van der Waals surface area (Å²) >= 11 is 0. The first-order valence-corrected chi connectivity index (χ1v) is 9.79. The van der Waals surface area contributed by atoms with Crippen LogP contribution in [0.4, 0.5) is 13.2 Å². The van der Waals surface area contributed by atoms with Crippen molar-refractivity contribution in [2.24, 2.45) is 0 Å². The second-order valence-corrected chi connectivity index (χ2v) is 6.81. The molecule has 3 aromatic rings. The summed E-state index contributed by atoms with van der Waals surface area (Å²) in [6, 6.07) is 4.38. The highest BCUT2D eigenvalue weighted by Crippen LogP contribution is 2.37. The highest BCUT2D eigenvalue weighted by molar-refractivity contribution is 5.94. The second-order valence-electron chi connectivity index (χ2n) is 6.81. The van der Waals surface area contributed by atoms with E-state index in [0.29, 0.717) is 5.39 Å². The van der Waals surface area contributed by atoms with Crippen molar-refractivity contribution in [3.63, 3.8) is 0 Å². The monoisotopic (exact) mass is 456 g/mol. The van der Waals surface area contributed by atoms with Gasteiger partial charge < -0.3 is 19.3 Å². The Hall–Kier alpha value is -3.12. The number of aliphatic hydroxyl groups excluding tert-OH is 1. The normalized spacial score (nSPS) is 12.8. The molecule has 2 aromatic heterocycles. The number of ether oxygens (including phenoxy) is 3. The summed E-state index contributed by atoms with van der Waals surface area (Å²) in [6.07, 6.45) is -5.32. The zero-order valence-electron chi connectivity index (χ0n) is 17.7. The minimum Gasteiger partial charge on any atom is -0.480 e. The van der Waals surface area contributed by atoms with E-state index in [-0.39, 0.29) is 48.3 Å². The quantitative estimate of drug-likeness (QED) is 0.494. The number of fused-ring (bicyclic) bond motifs is 1. The number of aliphatic hydroxyl groups is 1. The van der Waals surface area contributed by atoms with E-state index in [1.807, 2.05) is 0 Å². The molecule has 3 rings (SSSR count). The zero-order valence-corrected chi connectivity index (χ0v) is 17.7. The van der Waals surface area contributed by atoms with E-state index < -0.39 is 24.6 Å². The van der Waals surface area contributed by atoms with Gasteiger partial charge in [-0.3, -0.25) is 4.57 Å². The molecule has 174 valence electrons. The molecule has 1 aromatic carbocycles. The van der Waals surface area contributed by atoms with Crippen LogP contribution in [-0.2, 0) is 17.9 Å². The molecular weight excluding hydrogens is 433 g/mol. The van der Waals surface area contributed by atoms with Gasteiger partial charge in [0.05, 0.1) is 17.7 Å². The van der Waals surface area contributed by atoms with Crippen LogP contribution in [0.3, 0.4) is 0 Å². The predicted octanol–water partition coefficient (Wildman–Crippen LogP) is 2.45. The fourth-order valence-electron chi connectivity index (χ4n) is 3.08. The number of hydrogen-bond acceptors (Lipinski definition) is 7. The maximum Gasteiger partial charge on any atom is 0.425 e. The van der Waals surface area contributed by atoms with Gasteiger partial charge in [0.2, 0.25) is 5.88 Å². The summed E-state index contributed by atoms with van der Waals surface area (Å²) in [7, 11) is 1.49.